The van der Waals surface area contributed by atoms with Crippen LogP contribution in [0.3, 0.4) is 0 Å². The van der Waals surface area contributed by atoms with Crippen LogP contribution in [0.15, 0.2) is 12.7 Å². The molecule has 0 amide bonds. The summed E-state index contributed by atoms with van der Waals surface area (Å²) in [5.74, 6) is 0. The van der Waals surface area contributed by atoms with Crippen LogP contribution in [0.2, 0.25) is 22.9 Å². The molecule has 68 valence electrons. The van der Waals surface area contributed by atoms with Crippen molar-refractivity contribution in [2.75, 3.05) is 6.54 Å². The van der Waals surface area contributed by atoms with E-state index in [9.17, 15) is 0 Å². The van der Waals surface area contributed by atoms with Gasteiger partial charge in [-0.1, -0.05) is 0 Å². The molecular formula is C9H23HfN. The van der Waals surface area contributed by atoms with Crippen LogP contribution in [0.5, 0.6) is 0 Å². The molecule has 0 saturated heterocycles. The van der Waals surface area contributed by atoms with E-state index in [-0.39, 0.29) is 0 Å². The molecule has 0 bridgehead atoms. The summed E-state index contributed by atoms with van der Waals surface area (Å²) < 4.78 is 14.8. The monoisotopic (exact) mass is 325 g/mol. The van der Waals surface area contributed by atoms with E-state index in [1.54, 1.807) is 0 Å². The Morgan fingerprint density at radius 1 is 1.27 bits per heavy atom. The molecule has 0 radical (unpaired) electrons. The van der Waals surface area contributed by atoms with Gasteiger partial charge in [-0.25, -0.2) is 0 Å². The molecule has 0 fully saturated rings. The van der Waals surface area contributed by atoms with Crippen LogP contribution in [0.25, 0.3) is 0 Å². The first-order valence-electron chi connectivity index (χ1n) is 4.48. The van der Waals surface area contributed by atoms with Gasteiger partial charge in [-0.15, -0.1) is 0 Å². The van der Waals surface area contributed by atoms with Crippen molar-refractivity contribution < 1.29 is 17.3 Å². The van der Waals surface area contributed by atoms with Gasteiger partial charge in [-0.2, -0.15) is 0 Å². The SMILES string of the molecule is C=CC[NH][Hf]([CH3])([CH3])([CH3])([CH3])[CH2]C. The summed E-state index contributed by atoms with van der Waals surface area (Å²) in [6.07, 6.45) is 1.95. The number of hydrogen-bond acceptors (Lipinski definition) is 1. The van der Waals surface area contributed by atoms with E-state index in [0.29, 0.717) is 0 Å². The Morgan fingerprint density at radius 3 is 2.00 bits per heavy atom. The van der Waals surface area contributed by atoms with Gasteiger partial charge >= 0.3 is 69.6 Å². The Kier molecular flexibility index (Phi) is 2.66. The van der Waals surface area contributed by atoms with Gasteiger partial charge < -0.3 is 0 Å². The zero-order chi connectivity index (χ0) is 9.24. The van der Waals surface area contributed by atoms with Crippen LogP contribution in [0.4, 0.5) is 0 Å². The van der Waals surface area contributed by atoms with Crippen molar-refractivity contribution in [3.63, 3.8) is 0 Å². The van der Waals surface area contributed by atoms with E-state index in [2.05, 4.69) is 35.5 Å². The second-order valence-corrected chi connectivity index (χ2v) is 50.6. The van der Waals surface area contributed by atoms with E-state index in [4.69, 9.17) is 0 Å². The van der Waals surface area contributed by atoms with Gasteiger partial charge in [0.2, 0.25) is 0 Å². The van der Waals surface area contributed by atoms with Crippen molar-refractivity contribution in [1.29, 1.82) is 0 Å². The summed E-state index contributed by atoms with van der Waals surface area (Å²) in [6.45, 7) is 6.97. The summed E-state index contributed by atoms with van der Waals surface area (Å²) in [4.78, 5) is 0. The fourth-order valence-electron chi connectivity index (χ4n) is 0.678. The molecule has 0 atom stereocenters. The van der Waals surface area contributed by atoms with E-state index < -0.39 is 17.3 Å². The molecule has 0 rings (SSSR count). The minimum absolute atomic E-state index is 0.953. The van der Waals surface area contributed by atoms with Gasteiger partial charge in [0.1, 0.15) is 0 Å². The molecule has 0 aliphatic rings. The third-order valence-electron chi connectivity index (χ3n) is 2.67. The molecule has 0 saturated carbocycles. The Labute approximate surface area is 69.6 Å². The Hall–Kier alpha value is 0.570. The molecule has 0 aromatic heterocycles. The Bertz CT molecular complexity index is 160. The molecule has 0 heterocycles. The molecule has 0 unspecified atom stereocenters. The first-order valence-corrected chi connectivity index (χ1v) is 23.2. The number of rotatable bonds is 4. The van der Waals surface area contributed by atoms with Crippen molar-refractivity contribution in [2.45, 2.75) is 29.8 Å². The second-order valence-electron chi connectivity index (χ2n) is 6.61. The Balaban J connectivity index is 4.49. The van der Waals surface area contributed by atoms with Crippen molar-refractivity contribution in [2.24, 2.45) is 0 Å². The maximum atomic E-state index is 3.73. The average molecular weight is 324 g/mol. The predicted octanol–water partition coefficient (Wildman–Crippen LogP) is 3.53. The van der Waals surface area contributed by atoms with Gasteiger partial charge in [0.05, 0.1) is 0 Å². The molecule has 2 heteroatoms. The summed E-state index contributed by atoms with van der Waals surface area (Å²) in [5.41, 5.74) is 0. The predicted molar refractivity (Wildman–Crippen MR) is 52.1 cm³/mol. The molecule has 0 aromatic carbocycles. The van der Waals surface area contributed by atoms with Gasteiger partial charge in [-0.05, 0) is 0 Å². The van der Waals surface area contributed by atoms with Gasteiger partial charge in [0.15, 0.2) is 0 Å². The fourth-order valence-corrected chi connectivity index (χ4v) is 5.55. The van der Waals surface area contributed by atoms with E-state index in [0.717, 1.165) is 6.54 Å². The van der Waals surface area contributed by atoms with Crippen LogP contribution in [-0.2, 0) is 17.3 Å². The first-order chi connectivity index (χ1) is 4.62. The van der Waals surface area contributed by atoms with E-state index in [1.165, 1.54) is 4.18 Å². The van der Waals surface area contributed by atoms with Crippen LogP contribution in [0.1, 0.15) is 6.92 Å². The Morgan fingerprint density at radius 2 is 1.73 bits per heavy atom. The first kappa shape index (κ1) is 11.6. The molecule has 0 spiro atoms. The van der Waals surface area contributed by atoms with Crippen molar-refractivity contribution in [1.82, 2.24) is 3.30 Å². The third kappa shape index (κ3) is 4.91. The van der Waals surface area contributed by atoms with Crippen molar-refractivity contribution in [3.8, 4) is 0 Å². The fraction of sp³-hybridized carbons (Fsp3) is 0.778. The molecular weight excluding hydrogens is 301 g/mol. The van der Waals surface area contributed by atoms with Crippen molar-refractivity contribution >= 4 is 0 Å². The van der Waals surface area contributed by atoms with E-state index >= 15 is 0 Å². The summed E-state index contributed by atoms with van der Waals surface area (Å²) >= 11 is -2.95. The van der Waals surface area contributed by atoms with Gasteiger partial charge in [-0.3, -0.25) is 0 Å². The quantitative estimate of drug-likeness (QED) is 0.616. The minimum atomic E-state index is -2.95. The molecule has 0 aromatic rings. The maximum absolute atomic E-state index is 3.73. The van der Waals surface area contributed by atoms with Crippen LogP contribution in [0, 0.1) is 0 Å². The summed E-state index contributed by atoms with van der Waals surface area (Å²) in [6, 6.07) is 0. The molecule has 1 nitrogen and oxygen atoms in total. The van der Waals surface area contributed by atoms with Crippen LogP contribution in [-0.4, -0.2) is 6.54 Å². The zero-order valence-corrected chi connectivity index (χ0v) is 12.3. The summed E-state index contributed by atoms with van der Waals surface area (Å²) in [5, 5.41) is 0. The van der Waals surface area contributed by atoms with Crippen LogP contribution >= 0.6 is 0 Å². The van der Waals surface area contributed by atoms with Crippen LogP contribution < -0.4 is 3.30 Å². The zero-order valence-electron chi connectivity index (χ0n) is 8.70. The standard InChI is InChI=1S/C3H6N.C2H5.4CH3.Hf/c1-2-3-4;1-2;;;;;/h2,4H,1,3H2;1H2,2H3;4*1H3;/q-1;;;;;;+1. The summed E-state index contributed by atoms with van der Waals surface area (Å²) in [7, 11) is 0. The topological polar surface area (TPSA) is 12.0 Å². The van der Waals surface area contributed by atoms with Gasteiger partial charge in [0.25, 0.3) is 0 Å². The molecule has 1 N–H and O–H groups in total. The van der Waals surface area contributed by atoms with E-state index in [1.807, 2.05) is 6.08 Å². The normalized spacial score (nSPS) is 18.6. The average Bonchev–Trinajstić information content (AvgIpc) is 1.83. The molecule has 11 heavy (non-hydrogen) atoms. The second kappa shape index (κ2) is 2.53. The number of nitrogens with one attached hydrogen (secondary N) is 1. The third-order valence-corrected chi connectivity index (χ3v) is 20.8. The number of hydrogen-bond donors (Lipinski definition) is 1. The van der Waals surface area contributed by atoms with Gasteiger partial charge in [0, 0.05) is 0 Å². The molecule has 0 aliphatic heterocycles. The van der Waals surface area contributed by atoms with Crippen molar-refractivity contribution in [3.05, 3.63) is 12.7 Å². The molecule has 0 aliphatic carbocycles.